The van der Waals surface area contributed by atoms with Crippen molar-refractivity contribution in [2.45, 2.75) is 32.7 Å². The first-order valence-corrected chi connectivity index (χ1v) is 7.18. The standard InChI is InChI=1S/C15H26N4O/c1-5-12(2)18-14-8-7-13(11-17-14)15(20)16-9-6-10-19(3)4/h7-8,11-12H,5-6,9-10H2,1-4H3,(H,16,20)(H,17,18). The second kappa shape index (κ2) is 8.53. The van der Waals surface area contributed by atoms with E-state index < -0.39 is 0 Å². The van der Waals surface area contributed by atoms with Gasteiger partial charge in [0.2, 0.25) is 0 Å². The third-order valence-corrected chi connectivity index (χ3v) is 3.10. The number of hydrogen-bond acceptors (Lipinski definition) is 4. The Morgan fingerprint density at radius 2 is 2.15 bits per heavy atom. The van der Waals surface area contributed by atoms with Gasteiger partial charge in [-0.05, 0) is 52.5 Å². The normalized spacial score (nSPS) is 12.2. The number of nitrogens with zero attached hydrogens (tertiary/aromatic N) is 2. The molecular formula is C15H26N4O. The van der Waals surface area contributed by atoms with E-state index in [1.807, 2.05) is 20.2 Å². The molecule has 0 aliphatic heterocycles. The van der Waals surface area contributed by atoms with E-state index in [1.165, 1.54) is 0 Å². The van der Waals surface area contributed by atoms with E-state index in [0.29, 0.717) is 18.2 Å². The SMILES string of the molecule is CCC(C)Nc1ccc(C(=O)NCCCN(C)C)cn1. The number of anilines is 1. The second-order valence-electron chi connectivity index (χ2n) is 5.30. The summed E-state index contributed by atoms with van der Waals surface area (Å²) in [6.45, 7) is 5.88. The number of amides is 1. The van der Waals surface area contributed by atoms with Crippen LogP contribution in [0.2, 0.25) is 0 Å². The maximum atomic E-state index is 11.9. The van der Waals surface area contributed by atoms with Crippen LogP contribution in [0.3, 0.4) is 0 Å². The average Bonchev–Trinajstić information content (AvgIpc) is 2.43. The molecule has 0 aliphatic carbocycles. The van der Waals surface area contributed by atoms with Gasteiger partial charge in [0, 0.05) is 18.8 Å². The van der Waals surface area contributed by atoms with Crippen LogP contribution in [-0.4, -0.2) is 49.0 Å². The first kappa shape index (κ1) is 16.4. The van der Waals surface area contributed by atoms with Gasteiger partial charge in [-0.3, -0.25) is 4.79 Å². The van der Waals surface area contributed by atoms with Crippen molar-refractivity contribution in [3.63, 3.8) is 0 Å². The van der Waals surface area contributed by atoms with E-state index in [-0.39, 0.29) is 5.91 Å². The van der Waals surface area contributed by atoms with Gasteiger partial charge < -0.3 is 15.5 Å². The lowest BCUT2D eigenvalue weighted by molar-refractivity contribution is 0.0952. The fourth-order valence-electron chi connectivity index (χ4n) is 1.67. The molecule has 20 heavy (non-hydrogen) atoms. The molecule has 0 saturated heterocycles. The maximum absolute atomic E-state index is 11.9. The summed E-state index contributed by atoms with van der Waals surface area (Å²) < 4.78 is 0. The molecule has 0 spiro atoms. The molecule has 112 valence electrons. The van der Waals surface area contributed by atoms with Crippen LogP contribution in [0.4, 0.5) is 5.82 Å². The lowest BCUT2D eigenvalue weighted by atomic mass is 10.2. The highest BCUT2D eigenvalue weighted by Crippen LogP contribution is 2.07. The predicted molar refractivity (Wildman–Crippen MR) is 83.1 cm³/mol. The van der Waals surface area contributed by atoms with Crippen molar-refractivity contribution in [2.75, 3.05) is 32.5 Å². The number of hydrogen-bond donors (Lipinski definition) is 2. The maximum Gasteiger partial charge on any atom is 0.252 e. The Morgan fingerprint density at radius 1 is 1.40 bits per heavy atom. The van der Waals surface area contributed by atoms with Crippen molar-refractivity contribution in [1.29, 1.82) is 0 Å². The first-order valence-electron chi connectivity index (χ1n) is 7.18. The third-order valence-electron chi connectivity index (χ3n) is 3.10. The largest absolute Gasteiger partial charge is 0.368 e. The summed E-state index contributed by atoms with van der Waals surface area (Å²) in [6.07, 6.45) is 3.60. The molecule has 5 nitrogen and oxygen atoms in total. The summed E-state index contributed by atoms with van der Waals surface area (Å²) in [5.74, 6) is 0.745. The fourth-order valence-corrected chi connectivity index (χ4v) is 1.67. The number of nitrogens with one attached hydrogen (secondary N) is 2. The highest BCUT2D eigenvalue weighted by atomic mass is 16.1. The minimum absolute atomic E-state index is 0.0636. The molecule has 0 saturated carbocycles. The van der Waals surface area contributed by atoms with Gasteiger partial charge in [0.15, 0.2) is 0 Å². The van der Waals surface area contributed by atoms with Gasteiger partial charge in [-0.25, -0.2) is 4.98 Å². The summed E-state index contributed by atoms with van der Waals surface area (Å²) in [6, 6.07) is 4.04. The molecule has 0 radical (unpaired) electrons. The van der Waals surface area contributed by atoms with Crippen LogP contribution in [-0.2, 0) is 0 Å². The molecule has 1 amide bonds. The fraction of sp³-hybridized carbons (Fsp3) is 0.600. The van der Waals surface area contributed by atoms with E-state index in [9.17, 15) is 4.79 Å². The Balaban J connectivity index is 2.41. The summed E-state index contributed by atoms with van der Waals surface area (Å²) in [7, 11) is 4.05. The molecule has 1 unspecified atom stereocenters. The van der Waals surface area contributed by atoms with E-state index >= 15 is 0 Å². The smallest absolute Gasteiger partial charge is 0.252 e. The monoisotopic (exact) mass is 278 g/mol. The van der Waals surface area contributed by atoms with Gasteiger partial charge in [-0.2, -0.15) is 0 Å². The molecule has 0 bridgehead atoms. The van der Waals surface area contributed by atoms with Crippen molar-refractivity contribution >= 4 is 11.7 Å². The molecule has 1 atom stereocenters. The minimum Gasteiger partial charge on any atom is -0.368 e. The van der Waals surface area contributed by atoms with E-state index in [1.54, 1.807) is 12.3 Å². The molecule has 0 aliphatic rings. The van der Waals surface area contributed by atoms with Gasteiger partial charge >= 0.3 is 0 Å². The molecule has 1 rings (SSSR count). The van der Waals surface area contributed by atoms with Crippen molar-refractivity contribution in [2.24, 2.45) is 0 Å². The number of aromatic nitrogens is 1. The van der Waals surface area contributed by atoms with Crippen LogP contribution in [0.1, 0.15) is 37.0 Å². The first-order chi connectivity index (χ1) is 9.52. The molecule has 1 aromatic heterocycles. The lowest BCUT2D eigenvalue weighted by Crippen LogP contribution is -2.27. The van der Waals surface area contributed by atoms with Gasteiger partial charge in [0.1, 0.15) is 5.82 Å². The number of rotatable bonds is 8. The second-order valence-corrected chi connectivity index (χ2v) is 5.30. The van der Waals surface area contributed by atoms with Crippen LogP contribution >= 0.6 is 0 Å². The summed E-state index contributed by atoms with van der Waals surface area (Å²) >= 11 is 0. The summed E-state index contributed by atoms with van der Waals surface area (Å²) in [5.41, 5.74) is 0.601. The third kappa shape index (κ3) is 6.02. The Labute approximate surface area is 121 Å². The van der Waals surface area contributed by atoms with Gasteiger partial charge in [0.05, 0.1) is 5.56 Å². The molecule has 0 fully saturated rings. The summed E-state index contributed by atoms with van der Waals surface area (Å²) in [5, 5.41) is 6.17. The van der Waals surface area contributed by atoms with Crippen LogP contribution in [0.15, 0.2) is 18.3 Å². The van der Waals surface area contributed by atoms with Crippen LogP contribution in [0.5, 0.6) is 0 Å². The van der Waals surface area contributed by atoms with Crippen molar-refractivity contribution in [3.05, 3.63) is 23.9 Å². The van der Waals surface area contributed by atoms with Crippen LogP contribution < -0.4 is 10.6 Å². The zero-order valence-corrected chi connectivity index (χ0v) is 12.9. The highest BCUT2D eigenvalue weighted by molar-refractivity contribution is 5.94. The molecule has 1 aromatic rings. The van der Waals surface area contributed by atoms with Gasteiger partial charge in [0.25, 0.3) is 5.91 Å². The number of carbonyl (C=O) groups excluding carboxylic acids is 1. The van der Waals surface area contributed by atoms with E-state index in [4.69, 9.17) is 0 Å². The van der Waals surface area contributed by atoms with Crippen molar-refractivity contribution < 1.29 is 4.79 Å². The Bertz CT molecular complexity index is 403. The van der Waals surface area contributed by atoms with Gasteiger partial charge in [-0.15, -0.1) is 0 Å². The Hall–Kier alpha value is -1.62. The highest BCUT2D eigenvalue weighted by Gasteiger charge is 2.06. The quantitative estimate of drug-likeness (QED) is 0.714. The van der Waals surface area contributed by atoms with Crippen molar-refractivity contribution in [1.82, 2.24) is 15.2 Å². The molecular weight excluding hydrogens is 252 g/mol. The summed E-state index contributed by atoms with van der Waals surface area (Å²) in [4.78, 5) is 18.3. The lowest BCUT2D eigenvalue weighted by Gasteiger charge is -2.12. The van der Waals surface area contributed by atoms with Crippen LogP contribution in [0.25, 0.3) is 0 Å². The molecule has 5 heteroatoms. The Morgan fingerprint density at radius 3 is 2.70 bits per heavy atom. The molecule has 2 N–H and O–H groups in total. The van der Waals surface area contributed by atoms with Crippen LogP contribution in [0, 0.1) is 0 Å². The van der Waals surface area contributed by atoms with Crippen molar-refractivity contribution in [3.8, 4) is 0 Å². The zero-order chi connectivity index (χ0) is 15.0. The topological polar surface area (TPSA) is 57.3 Å². The number of pyridine rings is 1. The number of carbonyl (C=O) groups is 1. The minimum atomic E-state index is -0.0636. The average molecular weight is 278 g/mol. The molecule has 0 aromatic carbocycles. The zero-order valence-electron chi connectivity index (χ0n) is 12.9. The molecule has 1 heterocycles. The Kier molecular flexibility index (Phi) is 7.01. The van der Waals surface area contributed by atoms with E-state index in [0.717, 1.165) is 25.2 Å². The van der Waals surface area contributed by atoms with E-state index in [2.05, 4.69) is 34.4 Å². The van der Waals surface area contributed by atoms with Gasteiger partial charge in [-0.1, -0.05) is 6.92 Å². The predicted octanol–water partition coefficient (Wildman–Crippen LogP) is 1.97.